The molecule has 0 unspecified atom stereocenters. The average Bonchev–Trinajstić information content (AvgIpc) is 2.78. The Labute approximate surface area is 113 Å². The smallest absolute Gasteiger partial charge is 0.0491 e. The summed E-state index contributed by atoms with van der Waals surface area (Å²) in [5.74, 6) is 0. The van der Waals surface area contributed by atoms with E-state index >= 15 is 0 Å². The second-order valence-electron chi connectivity index (χ2n) is 4.97. The quantitative estimate of drug-likeness (QED) is 0.684. The van der Waals surface area contributed by atoms with Gasteiger partial charge in [-0.25, -0.2) is 0 Å². The van der Waals surface area contributed by atoms with Crippen molar-refractivity contribution in [3.8, 4) is 0 Å². The van der Waals surface area contributed by atoms with Crippen LogP contribution in [0.1, 0.15) is 19.3 Å². The molecule has 1 N–H and O–H groups in total. The maximum atomic E-state index is 8.86. The molecule has 2 heteroatoms. The van der Waals surface area contributed by atoms with E-state index in [1.165, 1.54) is 21.8 Å². The van der Waals surface area contributed by atoms with E-state index in [-0.39, 0.29) is 0 Å². The standard InChI is InChI=1S/C17H19NO/c19-13-7-1-6-12-18-16-10-4-2-8-14(16)15-9-3-5-11-17(15)18/h2-5,8-11,19H,1,6-7,12-13H2. The molecule has 19 heavy (non-hydrogen) atoms. The molecule has 3 aromatic rings. The van der Waals surface area contributed by atoms with E-state index in [2.05, 4.69) is 53.1 Å². The molecule has 0 aliphatic heterocycles. The zero-order valence-electron chi connectivity index (χ0n) is 11.0. The van der Waals surface area contributed by atoms with E-state index in [4.69, 9.17) is 5.11 Å². The first-order valence-corrected chi connectivity index (χ1v) is 6.98. The highest BCUT2D eigenvalue weighted by Crippen LogP contribution is 2.28. The van der Waals surface area contributed by atoms with Gasteiger partial charge in [-0.3, -0.25) is 0 Å². The van der Waals surface area contributed by atoms with Gasteiger partial charge in [0.15, 0.2) is 0 Å². The van der Waals surface area contributed by atoms with Gasteiger partial charge in [-0.05, 0) is 31.4 Å². The summed E-state index contributed by atoms with van der Waals surface area (Å²) in [5.41, 5.74) is 2.63. The van der Waals surface area contributed by atoms with Crippen molar-refractivity contribution in [1.82, 2.24) is 4.57 Å². The molecule has 0 fully saturated rings. The van der Waals surface area contributed by atoms with Gasteiger partial charge in [0.25, 0.3) is 0 Å². The lowest BCUT2D eigenvalue weighted by Crippen LogP contribution is -1.98. The van der Waals surface area contributed by atoms with E-state index in [1.807, 2.05) is 0 Å². The molecule has 2 aromatic carbocycles. The number of hydrogen-bond acceptors (Lipinski definition) is 1. The maximum absolute atomic E-state index is 8.86. The van der Waals surface area contributed by atoms with Crippen LogP contribution >= 0.6 is 0 Å². The summed E-state index contributed by atoms with van der Waals surface area (Å²) in [4.78, 5) is 0. The summed E-state index contributed by atoms with van der Waals surface area (Å²) in [5, 5.41) is 11.5. The molecular weight excluding hydrogens is 234 g/mol. The molecule has 1 aromatic heterocycles. The Morgan fingerprint density at radius 3 is 1.89 bits per heavy atom. The number of hydrogen-bond donors (Lipinski definition) is 1. The van der Waals surface area contributed by atoms with Gasteiger partial charge >= 0.3 is 0 Å². The normalized spacial score (nSPS) is 11.4. The minimum absolute atomic E-state index is 0.299. The lowest BCUT2D eigenvalue weighted by Gasteiger charge is -2.06. The molecule has 2 nitrogen and oxygen atoms in total. The zero-order valence-corrected chi connectivity index (χ0v) is 11.0. The number of para-hydroxylation sites is 2. The van der Waals surface area contributed by atoms with Gasteiger partial charge < -0.3 is 9.67 Å². The van der Waals surface area contributed by atoms with Crippen LogP contribution in [-0.2, 0) is 6.54 Å². The molecule has 0 bridgehead atoms. The Kier molecular flexibility index (Phi) is 3.51. The van der Waals surface area contributed by atoms with Crippen LogP contribution in [-0.4, -0.2) is 16.3 Å². The van der Waals surface area contributed by atoms with Gasteiger partial charge in [0.2, 0.25) is 0 Å². The summed E-state index contributed by atoms with van der Waals surface area (Å²) in [6.45, 7) is 1.32. The first-order chi connectivity index (χ1) is 9.42. The number of aryl methyl sites for hydroxylation is 1. The lowest BCUT2D eigenvalue weighted by atomic mass is 10.2. The number of unbranched alkanes of at least 4 members (excludes halogenated alkanes) is 2. The van der Waals surface area contributed by atoms with Crippen molar-refractivity contribution in [3.05, 3.63) is 48.5 Å². The topological polar surface area (TPSA) is 25.2 Å². The first kappa shape index (κ1) is 12.2. The van der Waals surface area contributed by atoms with E-state index in [0.717, 1.165) is 25.8 Å². The third-order valence-corrected chi connectivity index (χ3v) is 3.72. The van der Waals surface area contributed by atoms with Crippen molar-refractivity contribution in [2.75, 3.05) is 6.61 Å². The Balaban J connectivity index is 2.04. The van der Waals surface area contributed by atoms with E-state index < -0.39 is 0 Å². The first-order valence-electron chi connectivity index (χ1n) is 6.98. The van der Waals surface area contributed by atoms with Gasteiger partial charge in [-0.2, -0.15) is 0 Å². The van der Waals surface area contributed by atoms with Gasteiger partial charge in [0.05, 0.1) is 0 Å². The highest BCUT2D eigenvalue weighted by Gasteiger charge is 2.08. The molecule has 0 atom stereocenters. The minimum Gasteiger partial charge on any atom is -0.396 e. The minimum atomic E-state index is 0.299. The number of benzene rings is 2. The Morgan fingerprint density at radius 1 is 0.737 bits per heavy atom. The van der Waals surface area contributed by atoms with Gasteiger partial charge in [0, 0.05) is 35.0 Å². The predicted octanol–water partition coefficient (Wildman–Crippen LogP) is 3.96. The SMILES string of the molecule is OCCCCCn1c2ccccc2c2ccccc21. The zero-order chi connectivity index (χ0) is 13.1. The fourth-order valence-corrected chi connectivity index (χ4v) is 2.80. The molecule has 0 spiro atoms. The number of fused-ring (bicyclic) bond motifs is 3. The summed E-state index contributed by atoms with van der Waals surface area (Å²) in [7, 11) is 0. The van der Waals surface area contributed by atoms with Crippen molar-refractivity contribution >= 4 is 21.8 Å². The maximum Gasteiger partial charge on any atom is 0.0491 e. The summed E-state index contributed by atoms with van der Waals surface area (Å²) in [6, 6.07) is 17.2. The van der Waals surface area contributed by atoms with Crippen molar-refractivity contribution < 1.29 is 5.11 Å². The predicted molar refractivity (Wildman–Crippen MR) is 80.4 cm³/mol. The van der Waals surface area contributed by atoms with Gasteiger partial charge in [-0.1, -0.05) is 36.4 Å². The van der Waals surface area contributed by atoms with Crippen LogP contribution in [0.25, 0.3) is 21.8 Å². The van der Waals surface area contributed by atoms with Crippen molar-refractivity contribution in [2.24, 2.45) is 0 Å². The van der Waals surface area contributed by atoms with E-state index in [9.17, 15) is 0 Å². The van der Waals surface area contributed by atoms with Crippen LogP contribution in [0.4, 0.5) is 0 Å². The Hall–Kier alpha value is -1.80. The van der Waals surface area contributed by atoms with E-state index in [0.29, 0.717) is 6.61 Å². The second kappa shape index (κ2) is 5.45. The monoisotopic (exact) mass is 253 g/mol. The van der Waals surface area contributed by atoms with Crippen LogP contribution < -0.4 is 0 Å². The Bertz CT molecular complexity index is 631. The highest BCUT2D eigenvalue weighted by atomic mass is 16.2. The number of aromatic nitrogens is 1. The number of aliphatic hydroxyl groups excluding tert-OH is 1. The second-order valence-corrected chi connectivity index (χ2v) is 4.97. The summed E-state index contributed by atoms with van der Waals surface area (Å²) >= 11 is 0. The molecule has 1 heterocycles. The molecule has 0 amide bonds. The number of aliphatic hydroxyl groups is 1. The third-order valence-electron chi connectivity index (χ3n) is 3.72. The molecule has 3 rings (SSSR count). The Morgan fingerprint density at radius 2 is 1.32 bits per heavy atom. The fourth-order valence-electron chi connectivity index (χ4n) is 2.80. The average molecular weight is 253 g/mol. The van der Waals surface area contributed by atoms with Crippen molar-refractivity contribution in [2.45, 2.75) is 25.8 Å². The number of nitrogens with zero attached hydrogens (tertiary/aromatic N) is 1. The van der Waals surface area contributed by atoms with Crippen molar-refractivity contribution in [3.63, 3.8) is 0 Å². The summed E-state index contributed by atoms with van der Waals surface area (Å²) < 4.78 is 2.40. The lowest BCUT2D eigenvalue weighted by molar-refractivity contribution is 0.282. The third kappa shape index (κ3) is 2.24. The van der Waals surface area contributed by atoms with Crippen molar-refractivity contribution in [1.29, 1.82) is 0 Å². The van der Waals surface area contributed by atoms with Crippen LogP contribution in [0.15, 0.2) is 48.5 Å². The molecule has 0 saturated carbocycles. The molecule has 0 aliphatic rings. The van der Waals surface area contributed by atoms with Crippen LogP contribution in [0.3, 0.4) is 0 Å². The molecule has 0 radical (unpaired) electrons. The van der Waals surface area contributed by atoms with Gasteiger partial charge in [0.1, 0.15) is 0 Å². The van der Waals surface area contributed by atoms with Crippen LogP contribution in [0.5, 0.6) is 0 Å². The molecular formula is C17H19NO. The number of rotatable bonds is 5. The van der Waals surface area contributed by atoms with Crippen LogP contribution in [0, 0.1) is 0 Å². The van der Waals surface area contributed by atoms with Crippen LogP contribution in [0.2, 0.25) is 0 Å². The summed E-state index contributed by atoms with van der Waals surface area (Å²) in [6.07, 6.45) is 3.09. The van der Waals surface area contributed by atoms with Gasteiger partial charge in [-0.15, -0.1) is 0 Å². The largest absolute Gasteiger partial charge is 0.396 e. The fraction of sp³-hybridized carbons (Fsp3) is 0.294. The molecule has 0 saturated heterocycles. The highest BCUT2D eigenvalue weighted by molar-refractivity contribution is 6.07. The molecule has 0 aliphatic carbocycles. The molecule has 98 valence electrons. The van der Waals surface area contributed by atoms with E-state index in [1.54, 1.807) is 0 Å².